The van der Waals surface area contributed by atoms with Crippen molar-refractivity contribution in [2.45, 2.75) is 6.92 Å². The average molecular weight is 213 g/mol. The van der Waals surface area contributed by atoms with Gasteiger partial charge in [0.1, 0.15) is 5.82 Å². The summed E-state index contributed by atoms with van der Waals surface area (Å²) in [5.74, 6) is -0.576. The van der Waals surface area contributed by atoms with E-state index in [0.29, 0.717) is 11.6 Å². The normalized spacial score (nSPS) is 11.9. The molecule has 0 aromatic heterocycles. The molecule has 14 heavy (non-hydrogen) atoms. The molecular formula is C10H10ClFN2. The van der Waals surface area contributed by atoms with E-state index in [1.54, 1.807) is 13.0 Å². The van der Waals surface area contributed by atoms with E-state index in [2.05, 4.69) is 5.32 Å². The van der Waals surface area contributed by atoms with Gasteiger partial charge in [0.15, 0.2) is 0 Å². The Morgan fingerprint density at radius 1 is 1.64 bits per heavy atom. The van der Waals surface area contributed by atoms with E-state index in [9.17, 15) is 4.39 Å². The second-order valence-electron chi connectivity index (χ2n) is 3.01. The van der Waals surface area contributed by atoms with Crippen LogP contribution in [0.15, 0.2) is 18.2 Å². The van der Waals surface area contributed by atoms with Crippen LogP contribution in [0.3, 0.4) is 0 Å². The van der Waals surface area contributed by atoms with Gasteiger partial charge < -0.3 is 5.32 Å². The molecule has 0 fully saturated rings. The van der Waals surface area contributed by atoms with Crippen molar-refractivity contribution in [2.24, 2.45) is 5.92 Å². The van der Waals surface area contributed by atoms with Gasteiger partial charge in [-0.15, -0.1) is 0 Å². The number of anilines is 1. The first-order valence-corrected chi connectivity index (χ1v) is 4.60. The number of rotatable bonds is 3. The molecule has 0 amide bonds. The summed E-state index contributed by atoms with van der Waals surface area (Å²) >= 11 is 5.77. The summed E-state index contributed by atoms with van der Waals surface area (Å²) in [5, 5.41) is 11.7. The molecule has 0 aliphatic heterocycles. The van der Waals surface area contributed by atoms with Crippen LogP contribution >= 0.6 is 11.6 Å². The predicted molar refractivity (Wildman–Crippen MR) is 54.7 cm³/mol. The van der Waals surface area contributed by atoms with Crippen molar-refractivity contribution in [3.63, 3.8) is 0 Å². The fraction of sp³-hybridized carbons (Fsp3) is 0.300. The lowest BCUT2D eigenvalue weighted by Crippen LogP contribution is -2.10. The Labute approximate surface area is 87.3 Å². The van der Waals surface area contributed by atoms with Crippen LogP contribution in [0.1, 0.15) is 6.92 Å². The second-order valence-corrected chi connectivity index (χ2v) is 3.41. The number of para-hydroxylation sites is 1. The molecule has 1 aromatic carbocycles. The molecule has 4 heteroatoms. The lowest BCUT2D eigenvalue weighted by Gasteiger charge is -2.09. The van der Waals surface area contributed by atoms with Crippen LogP contribution in [0.25, 0.3) is 0 Å². The first kappa shape index (κ1) is 10.8. The van der Waals surface area contributed by atoms with Crippen LogP contribution in [0.2, 0.25) is 5.02 Å². The van der Waals surface area contributed by atoms with Crippen LogP contribution in [-0.4, -0.2) is 6.54 Å². The zero-order chi connectivity index (χ0) is 10.6. The van der Waals surface area contributed by atoms with Gasteiger partial charge in [-0.3, -0.25) is 0 Å². The zero-order valence-corrected chi connectivity index (χ0v) is 8.48. The minimum Gasteiger partial charge on any atom is -0.380 e. The smallest absolute Gasteiger partial charge is 0.147 e. The van der Waals surface area contributed by atoms with Crippen molar-refractivity contribution >= 4 is 17.3 Å². The van der Waals surface area contributed by atoms with Gasteiger partial charge in [-0.25, -0.2) is 4.39 Å². The number of nitriles is 1. The number of hydrogen-bond donors (Lipinski definition) is 1. The first-order chi connectivity index (χ1) is 6.65. The Morgan fingerprint density at radius 2 is 2.36 bits per heavy atom. The Balaban J connectivity index is 2.72. The molecule has 0 aliphatic carbocycles. The highest BCUT2D eigenvalue weighted by Crippen LogP contribution is 2.24. The van der Waals surface area contributed by atoms with E-state index in [0.717, 1.165) is 0 Å². The fourth-order valence-electron chi connectivity index (χ4n) is 0.967. The second kappa shape index (κ2) is 4.83. The molecule has 1 aromatic rings. The van der Waals surface area contributed by atoms with Crippen molar-refractivity contribution in [1.82, 2.24) is 0 Å². The molecule has 0 saturated carbocycles. The van der Waals surface area contributed by atoms with E-state index in [4.69, 9.17) is 16.9 Å². The molecular weight excluding hydrogens is 203 g/mol. The van der Waals surface area contributed by atoms with Crippen LogP contribution in [0.4, 0.5) is 10.1 Å². The fourth-order valence-corrected chi connectivity index (χ4v) is 1.20. The molecule has 1 atom stereocenters. The van der Waals surface area contributed by atoms with Gasteiger partial charge in [-0.1, -0.05) is 17.7 Å². The Hall–Kier alpha value is -1.27. The summed E-state index contributed by atoms with van der Waals surface area (Å²) in [6.45, 7) is 2.14. The molecule has 0 spiro atoms. The van der Waals surface area contributed by atoms with Gasteiger partial charge in [0.05, 0.1) is 22.7 Å². The van der Waals surface area contributed by atoms with E-state index in [1.807, 2.05) is 6.07 Å². The van der Waals surface area contributed by atoms with E-state index in [1.165, 1.54) is 12.1 Å². The average Bonchev–Trinajstić information content (AvgIpc) is 2.16. The maximum atomic E-state index is 13.2. The molecule has 0 aliphatic rings. The highest BCUT2D eigenvalue weighted by atomic mass is 35.5. The predicted octanol–water partition coefficient (Wildman–Crippen LogP) is 3.05. The Kier molecular flexibility index (Phi) is 3.73. The first-order valence-electron chi connectivity index (χ1n) is 4.22. The number of nitrogens with one attached hydrogen (secondary N) is 1. The van der Waals surface area contributed by atoms with Crippen molar-refractivity contribution < 1.29 is 4.39 Å². The lowest BCUT2D eigenvalue weighted by molar-refractivity contribution is 0.628. The summed E-state index contributed by atoms with van der Waals surface area (Å²) in [5.41, 5.74) is 0.260. The standard InChI is InChI=1S/C10H10ClFN2/c1-7(5-13)6-14-10-8(11)3-2-4-9(10)12/h2-4,7,14H,6H2,1H3. The molecule has 1 unspecified atom stereocenters. The van der Waals surface area contributed by atoms with Crippen LogP contribution in [0, 0.1) is 23.1 Å². The number of benzene rings is 1. The topological polar surface area (TPSA) is 35.8 Å². The minimum absolute atomic E-state index is 0.175. The molecule has 0 heterocycles. The quantitative estimate of drug-likeness (QED) is 0.836. The molecule has 1 N–H and O–H groups in total. The van der Waals surface area contributed by atoms with Crippen molar-refractivity contribution in [1.29, 1.82) is 5.26 Å². The lowest BCUT2D eigenvalue weighted by atomic mass is 10.2. The number of hydrogen-bond acceptors (Lipinski definition) is 2. The van der Waals surface area contributed by atoms with Gasteiger partial charge >= 0.3 is 0 Å². The van der Waals surface area contributed by atoms with Gasteiger partial charge in [0.25, 0.3) is 0 Å². The minimum atomic E-state index is -0.400. The van der Waals surface area contributed by atoms with Crippen LogP contribution in [0.5, 0.6) is 0 Å². The molecule has 74 valence electrons. The summed E-state index contributed by atoms with van der Waals surface area (Å²) in [6, 6.07) is 6.51. The molecule has 2 nitrogen and oxygen atoms in total. The third kappa shape index (κ3) is 2.61. The SMILES string of the molecule is CC(C#N)CNc1c(F)cccc1Cl. The molecule has 1 rings (SSSR count). The summed E-state index contributed by atoms with van der Waals surface area (Å²) < 4.78 is 13.2. The summed E-state index contributed by atoms with van der Waals surface area (Å²) in [6.07, 6.45) is 0. The Bertz CT molecular complexity index is 339. The van der Waals surface area contributed by atoms with Crippen molar-refractivity contribution in [2.75, 3.05) is 11.9 Å². The highest BCUT2D eigenvalue weighted by Gasteiger charge is 2.07. The highest BCUT2D eigenvalue weighted by molar-refractivity contribution is 6.33. The number of halogens is 2. The van der Waals surface area contributed by atoms with Crippen molar-refractivity contribution in [3.05, 3.63) is 29.0 Å². The zero-order valence-electron chi connectivity index (χ0n) is 7.72. The molecule has 0 saturated heterocycles. The number of nitrogens with zero attached hydrogens (tertiary/aromatic N) is 1. The molecule has 0 bridgehead atoms. The van der Waals surface area contributed by atoms with E-state index < -0.39 is 5.82 Å². The summed E-state index contributed by atoms with van der Waals surface area (Å²) in [7, 11) is 0. The van der Waals surface area contributed by atoms with Gasteiger partial charge in [-0.05, 0) is 19.1 Å². The third-order valence-electron chi connectivity index (χ3n) is 1.77. The van der Waals surface area contributed by atoms with Gasteiger partial charge in [0, 0.05) is 6.54 Å². The maximum absolute atomic E-state index is 13.2. The monoisotopic (exact) mass is 212 g/mol. The van der Waals surface area contributed by atoms with Gasteiger partial charge in [0.2, 0.25) is 0 Å². The van der Waals surface area contributed by atoms with Gasteiger partial charge in [-0.2, -0.15) is 5.26 Å². The summed E-state index contributed by atoms with van der Waals surface area (Å²) in [4.78, 5) is 0. The van der Waals surface area contributed by atoms with Crippen molar-refractivity contribution in [3.8, 4) is 6.07 Å². The largest absolute Gasteiger partial charge is 0.380 e. The molecule has 0 radical (unpaired) electrons. The third-order valence-corrected chi connectivity index (χ3v) is 2.08. The van der Waals surface area contributed by atoms with Crippen LogP contribution < -0.4 is 5.32 Å². The maximum Gasteiger partial charge on any atom is 0.147 e. The van der Waals surface area contributed by atoms with Crippen LogP contribution in [-0.2, 0) is 0 Å². The van der Waals surface area contributed by atoms with E-state index in [-0.39, 0.29) is 11.6 Å². The van der Waals surface area contributed by atoms with E-state index >= 15 is 0 Å². The Morgan fingerprint density at radius 3 is 2.93 bits per heavy atom.